The van der Waals surface area contributed by atoms with E-state index in [2.05, 4.69) is 43.0 Å². The van der Waals surface area contributed by atoms with Crippen LogP contribution in [0.1, 0.15) is 56.6 Å². The highest BCUT2D eigenvalue weighted by Crippen LogP contribution is 2.40. The van der Waals surface area contributed by atoms with Crippen molar-refractivity contribution in [1.82, 2.24) is 4.72 Å². The average Bonchev–Trinajstić information content (AvgIpc) is 3.13. The van der Waals surface area contributed by atoms with Gasteiger partial charge in [-0.05, 0) is 79.6 Å². The van der Waals surface area contributed by atoms with E-state index in [1.54, 1.807) is 0 Å². The Morgan fingerprint density at radius 2 is 1.52 bits per heavy atom. The Balaban J connectivity index is 1.51. The summed E-state index contributed by atoms with van der Waals surface area (Å²) in [6, 6.07) is 20.8. The molecule has 1 saturated carbocycles. The molecule has 3 aromatic carbocycles. The normalized spacial score (nSPS) is 22.5. The number of halogens is 3. The third kappa shape index (κ3) is 6.93. The summed E-state index contributed by atoms with van der Waals surface area (Å²) in [5.74, 6) is -0.395. The minimum atomic E-state index is -4.82. The second kappa shape index (κ2) is 13.1. The molecule has 2 N–H and O–H groups in total. The second-order valence-corrected chi connectivity index (χ2v) is 13.0. The lowest BCUT2D eigenvalue weighted by atomic mass is 9.89. The monoisotopic (exact) mass is 601 g/mol. The van der Waals surface area contributed by atoms with E-state index in [1.165, 1.54) is 23.3 Å². The highest BCUT2D eigenvalue weighted by atomic mass is 32.2. The van der Waals surface area contributed by atoms with Crippen LogP contribution >= 0.6 is 0 Å². The van der Waals surface area contributed by atoms with E-state index in [0.29, 0.717) is 19.4 Å². The van der Waals surface area contributed by atoms with Crippen molar-refractivity contribution in [1.29, 1.82) is 0 Å². The quantitative estimate of drug-likeness (QED) is 0.298. The maximum Gasteiger partial charge on any atom is 0.573 e. The number of para-hydroxylation sites is 2. The molecule has 2 aliphatic rings. The number of rotatable bonds is 7. The fraction of sp³-hybridized carbons (Fsp3) is 0.438. The highest BCUT2D eigenvalue weighted by molar-refractivity contribution is 7.91. The number of anilines is 2. The van der Waals surface area contributed by atoms with Gasteiger partial charge in [0.25, 0.3) is 0 Å². The number of aliphatic hydroxyl groups is 1. The third-order valence-electron chi connectivity index (χ3n) is 8.00. The maximum atomic E-state index is 14.4. The van der Waals surface area contributed by atoms with Gasteiger partial charge < -0.3 is 14.7 Å². The Hall–Kier alpha value is -3.08. The number of nitrogens with zero attached hydrogens (tertiary/aromatic N) is 2. The predicted molar refractivity (Wildman–Crippen MR) is 159 cm³/mol. The third-order valence-corrected chi connectivity index (χ3v) is 10.1. The molecule has 226 valence electrons. The van der Waals surface area contributed by atoms with Crippen LogP contribution in [0.4, 0.5) is 24.5 Å². The Labute approximate surface area is 246 Å². The number of fused-ring (bicyclic) bond motifs is 2. The minimum absolute atomic E-state index is 0.252. The van der Waals surface area contributed by atoms with E-state index in [0.717, 1.165) is 62.0 Å². The van der Waals surface area contributed by atoms with Crippen molar-refractivity contribution in [2.45, 2.75) is 87.7 Å². The van der Waals surface area contributed by atoms with Gasteiger partial charge >= 0.3 is 6.36 Å². The number of benzene rings is 3. The molecule has 4 atom stereocenters. The summed E-state index contributed by atoms with van der Waals surface area (Å²) < 4.78 is 64.3. The molecule has 0 radical (unpaired) electrons. The van der Waals surface area contributed by atoms with E-state index in [-0.39, 0.29) is 10.9 Å². The van der Waals surface area contributed by atoms with Gasteiger partial charge in [0.05, 0.1) is 17.0 Å². The smallest absolute Gasteiger partial charge is 0.406 e. The van der Waals surface area contributed by atoms with E-state index < -0.39 is 34.2 Å². The molecule has 42 heavy (non-hydrogen) atoms. The van der Waals surface area contributed by atoms with Crippen LogP contribution in [0.15, 0.2) is 82.1 Å². The van der Waals surface area contributed by atoms with Gasteiger partial charge in [-0.25, -0.2) is 13.3 Å². The summed E-state index contributed by atoms with van der Waals surface area (Å²) in [7, 11) is -3.27. The van der Waals surface area contributed by atoms with Crippen LogP contribution in [-0.4, -0.2) is 40.4 Å². The van der Waals surface area contributed by atoms with E-state index in [9.17, 15) is 22.5 Å². The SMILES string of the molecule is CCCN=S(=O)(N[C@@H]1CCCCC[C@@H](N2c3ccccc3CCc3ccccc32)[C@@H]1O)c1ccc(OC(F)(F)F)cc1. The van der Waals surface area contributed by atoms with Crippen LogP contribution in [-0.2, 0) is 22.8 Å². The first-order chi connectivity index (χ1) is 20.2. The first-order valence-electron chi connectivity index (χ1n) is 14.7. The number of nitrogens with one attached hydrogen (secondary N) is 1. The molecule has 6 nitrogen and oxygen atoms in total. The van der Waals surface area contributed by atoms with Crippen molar-refractivity contribution < 1.29 is 27.2 Å². The van der Waals surface area contributed by atoms with Crippen LogP contribution < -0.4 is 14.4 Å². The van der Waals surface area contributed by atoms with Gasteiger partial charge in [-0.1, -0.05) is 62.6 Å². The first kappa shape index (κ1) is 30.4. The van der Waals surface area contributed by atoms with Gasteiger partial charge in [-0.3, -0.25) is 0 Å². The minimum Gasteiger partial charge on any atom is -0.406 e. The molecule has 1 unspecified atom stereocenters. The molecule has 0 saturated heterocycles. The van der Waals surface area contributed by atoms with Crippen molar-refractivity contribution in [3.63, 3.8) is 0 Å². The lowest BCUT2D eigenvalue weighted by Gasteiger charge is -2.42. The van der Waals surface area contributed by atoms with E-state index in [4.69, 9.17) is 0 Å². The summed E-state index contributed by atoms with van der Waals surface area (Å²) in [6.07, 6.45) is 0.813. The van der Waals surface area contributed by atoms with Crippen molar-refractivity contribution in [2.75, 3.05) is 11.4 Å². The fourth-order valence-electron chi connectivity index (χ4n) is 6.02. The Morgan fingerprint density at radius 1 is 0.929 bits per heavy atom. The van der Waals surface area contributed by atoms with Crippen molar-refractivity contribution in [2.24, 2.45) is 4.36 Å². The van der Waals surface area contributed by atoms with E-state index >= 15 is 0 Å². The summed E-state index contributed by atoms with van der Waals surface area (Å²) in [4.78, 5) is 2.53. The molecule has 0 amide bonds. The molecule has 0 bridgehead atoms. The summed E-state index contributed by atoms with van der Waals surface area (Å²) in [5.41, 5.74) is 4.58. The van der Waals surface area contributed by atoms with Gasteiger partial charge in [0.1, 0.15) is 15.7 Å². The lowest BCUT2D eigenvalue weighted by Crippen LogP contribution is -2.54. The molecule has 0 aromatic heterocycles. The first-order valence-corrected chi connectivity index (χ1v) is 16.2. The Bertz CT molecular complexity index is 1420. The highest BCUT2D eigenvalue weighted by Gasteiger charge is 2.38. The second-order valence-electron chi connectivity index (χ2n) is 10.9. The molecule has 1 aliphatic carbocycles. The molecule has 1 aliphatic heterocycles. The number of aliphatic hydroxyl groups excluding tert-OH is 1. The van der Waals surface area contributed by atoms with Gasteiger partial charge in [-0.15, -0.1) is 13.2 Å². The zero-order valence-corrected chi connectivity index (χ0v) is 24.5. The van der Waals surface area contributed by atoms with Gasteiger partial charge in [0.2, 0.25) is 0 Å². The zero-order valence-electron chi connectivity index (χ0n) is 23.7. The van der Waals surface area contributed by atoms with Crippen LogP contribution in [0, 0.1) is 0 Å². The number of ether oxygens (including phenoxy) is 1. The molecule has 5 rings (SSSR count). The number of aryl methyl sites for hydroxylation is 2. The predicted octanol–water partition coefficient (Wildman–Crippen LogP) is 7.33. The largest absolute Gasteiger partial charge is 0.573 e. The summed E-state index contributed by atoms with van der Waals surface area (Å²) in [5, 5.41) is 12.1. The molecular formula is C32H38F3N3O3S. The molecule has 3 aromatic rings. The van der Waals surface area contributed by atoms with Gasteiger partial charge in [0, 0.05) is 24.0 Å². The van der Waals surface area contributed by atoms with Gasteiger partial charge in [0.15, 0.2) is 0 Å². The Kier molecular flexibility index (Phi) is 9.44. The Morgan fingerprint density at radius 3 is 2.12 bits per heavy atom. The number of hydrogen-bond donors (Lipinski definition) is 2. The lowest BCUT2D eigenvalue weighted by molar-refractivity contribution is -0.274. The standard InChI is InChI=1S/C32H38F3N3O3S/c1-2-22-36-42(40,26-20-18-25(19-21-26)41-32(33,34)35)37-27-12-4-3-5-15-30(31(27)39)38-28-13-8-6-10-23(28)16-17-24-11-7-9-14-29(24)38/h6-11,13-14,18-21,27,30-31,39H,2-5,12,15-17,22H2,1H3,(H,36,37,40)/t27-,30-,31-,42?/m1/s1. The molecule has 1 fully saturated rings. The van der Waals surface area contributed by atoms with Gasteiger partial charge in [-0.2, -0.15) is 0 Å². The van der Waals surface area contributed by atoms with Crippen LogP contribution in [0.2, 0.25) is 0 Å². The maximum absolute atomic E-state index is 14.4. The van der Waals surface area contributed by atoms with Crippen LogP contribution in [0.25, 0.3) is 0 Å². The molecule has 10 heteroatoms. The van der Waals surface area contributed by atoms with E-state index in [1.807, 2.05) is 31.2 Å². The molecular weight excluding hydrogens is 563 g/mol. The molecule has 1 heterocycles. The van der Waals surface area contributed by atoms with Crippen molar-refractivity contribution in [3.05, 3.63) is 83.9 Å². The summed E-state index contributed by atoms with van der Waals surface area (Å²) >= 11 is 0. The fourth-order valence-corrected chi connectivity index (χ4v) is 7.99. The summed E-state index contributed by atoms with van der Waals surface area (Å²) in [6.45, 7) is 2.21. The van der Waals surface area contributed by atoms with Crippen molar-refractivity contribution >= 4 is 21.3 Å². The van der Waals surface area contributed by atoms with Crippen LogP contribution in [0.5, 0.6) is 5.75 Å². The number of alkyl halides is 3. The number of hydrogen-bond acceptors (Lipinski definition) is 5. The van der Waals surface area contributed by atoms with Crippen molar-refractivity contribution in [3.8, 4) is 5.75 Å². The van der Waals surface area contributed by atoms with Crippen LogP contribution in [0.3, 0.4) is 0 Å². The molecule has 0 spiro atoms. The average molecular weight is 602 g/mol. The zero-order chi connectivity index (χ0) is 29.7. The topological polar surface area (TPSA) is 74.2 Å².